The van der Waals surface area contributed by atoms with Gasteiger partial charge in [0.15, 0.2) is 0 Å². The van der Waals surface area contributed by atoms with Gasteiger partial charge in [0.05, 0.1) is 92.5 Å². The second-order valence-electron chi connectivity index (χ2n) is 11.5. The van der Waals surface area contributed by atoms with Gasteiger partial charge in [0, 0.05) is 12.8 Å². The molecule has 47 heavy (non-hydrogen) atoms. The van der Waals surface area contributed by atoms with Crippen molar-refractivity contribution in [3.8, 4) is 0 Å². The predicted octanol–water partition coefficient (Wildman–Crippen LogP) is 6.47. The zero-order chi connectivity index (χ0) is 34.1. The van der Waals surface area contributed by atoms with Crippen LogP contribution in [0.4, 0.5) is 0 Å². The van der Waals surface area contributed by atoms with Gasteiger partial charge in [-0.05, 0) is 12.8 Å². The smallest absolute Gasteiger partial charge is 0.305 e. The van der Waals surface area contributed by atoms with Crippen molar-refractivity contribution >= 4 is 11.9 Å². The van der Waals surface area contributed by atoms with Gasteiger partial charge in [0.25, 0.3) is 0 Å². The molecule has 0 saturated carbocycles. The number of carbonyl (C=O) groups is 2. The van der Waals surface area contributed by atoms with Crippen LogP contribution in [0.15, 0.2) is 0 Å². The second-order valence-corrected chi connectivity index (χ2v) is 11.5. The molecule has 0 rings (SSSR count). The number of esters is 2. The molecule has 280 valence electrons. The van der Waals surface area contributed by atoms with Gasteiger partial charge in [0.1, 0.15) is 13.2 Å². The highest BCUT2D eigenvalue weighted by atomic mass is 16.6. The summed E-state index contributed by atoms with van der Waals surface area (Å²) in [6, 6.07) is 0. The first-order valence-corrected chi connectivity index (χ1v) is 18.6. The Bertz CT molecular complexity index is 636. The summed E-state index contributed by atoms with van der Waals surface area (Å²) in [5.41, 5.74) is 0. The third-order valence-electron chi connectivity index (χ3n) is 7.18. The first kappa shape index (κ1) is 45.7. The van der Waals surface area contributed by atoms with Gasteiger partial charge in [-0.3, -0.25) is 9.59 Å². The van der Waals surface area contributed by atoms with Gasteiger partial charge < -0.3 is 42.6 Å². The topological polar surface area (TPSA) is 117 Å². The van der Waals surface area contributed by atoms with Crippen molar-refractivity contribution < 1.29 is 52.2 Å². The average molecular weight is 679 g/mol. The largest absolute Gasteiger partial charge is 0.463 e. The van der Waals surface area contributed by atoms with Gasteiger partial charge in [-0.2, -0.15) is 0 Å². The van der Waals surface area contributed by atoms with Gasteiger partial charge in [-0.25, -0.2) is 0 Å². The summed E-state index contributed by atoms with van der Waals surface area (Å²) >= 11 is 0. The van der Waals surface area contributed by atoms with E-state index >= 15 is 0 Å². The van der Waals surface area contributed by atoms with Crippen LogP contribution in [0.5, 0.6) is 0 Å². The van der Waals surface area contributed by atoms with Gasteiger partial charge in [-0.1, -0.05) is 90.9 Å². The van der Waals surface area contributed by atoms with Crippen LogP contribution in [-0.2, 0) is 52.2 Å². The van der Waals surface area contributed by atoms with Gasteiger partial charge in [0.2, 0.25) is 0 Å². The molecule has 0 bridgehead atoms. The van der Waals surface area contributed by atoms with Crippen LogP contribution in [0, 0.1) is 0 Å². The molecule has 11 heteroatoms. The zero-order valence-corrected chi connectivity index (χ0v) is 30.1. The van der Waals surface area contributed by atoms with E-state index < -0.39 is 0 Å². The Hall–Kier alpha value is -1.34. The van der Waals surface area contributed by atoms with E-state index in [1.165, 1.54) is 64.2 Å². The first-order chi connectivity index (χ1) is 23.2. The number of ether oxygens (including phenoxy) is 9. The van der Waals surface area contributed by atoms with E-state index in [0.29, 0.717) is 105 Å². The Labute approximate surface area is 286 Å². The molecule has 0 atom stereocenters. The van der Waals surface area contributed by atoms with Crippen LogP contribution in [0.25, 0.3) is 0 Å². The minimum atomic E-state index is -0.147. The fourth-order valence-corrected chi connectivity index (χ4v) is 4.45. The fourth-order valence-electron chi connectivity index (χ4n) is 4.45. The van der Waals surface area contributed by atoms with E-state index in [1.54, 1.807) is 0 Å². The Kier molecular flexibility index (Phi) is 39.7. The standard InChI is InChI=1S/C36H70O11/c1-3-5-7-9-10-11-12-14-16-18-36(38)47-34-32-45-30-28-43-26-24-41-22-20-39-19-21-40-23-25-42-27-29-44-31-33-46-35(37)17-15-13-8-6-4-2/h3-34H2,1-2H3. The number of unbranched alkanes of at least 4 members (excludes halogenated alkanes) is 12. The van der Waals surface area contributed by atoms with Crippen molar-refractivity contribution in [2.45, 2.75) is 117 Å². The summed E-state index contributed by atoms with van der Waals surface area (Å²) in [7, 11) is 0. The molecular weight excluding hydrogens is 608 g/mol. The van der Waals surface area contributed by atoms with E-state index in [9.17, 15) is 9.59 Å². The van der Waals surface area contributed by atoms with E-state index in [0.717, 1.165) is 25.7 Å². The molecule has 0 aliphatic heterocycles. The lowest BCUT2D eigenvalue weighted by molar-refractivity contribution is -0.146. The quantitative estimate of drug-likeness (QED) is 0.0524. The number of hydrogen-bond donors (Lipinski definition) is 0. The fraction of sp³-hybridized carbons (Fsp3) is 0.944. The molecule has 0 heterocycles. The molecular formula is C36H70O11. The number of carbonyl (C=O) groups excluding carboxylic acids is 2. The van der Waals surface area contributed by atoms with Crippen LogP contribution in [-0.4, -0.2) is 118 Å². The highest BCUT2D eigenvalue weighted by Gasteiger charge is 2.04. The van der Waals surface area contributed by atoms with Crippen LogP contribution in [0.1, 0.15) is 117 Å². The lowest BCUT2D eigenvalue weighted by Gasteiger charge is -2.09. The van der Waals surface area contributed by atoms with Crippen LogP contribution in [0.2, 0.25) is 0 Å². The molecule has 0 aliphatic carbocycles. The van der Waals surface area contributed by atoms with Crippen LogP contribution < -0.4 is 0 Å². The lowest BCUT2D eigenvalue weighted by Crippen LogP contribution is -2.15. The summed E-state index contributed by atoms with van der Waals surface area (Å²) in [6.45, 7) is 11.5. The maximum absolute atomic E-state index is 11.8. The first-order valence-electron chi connectivity index (χ1n) is 18.6. The molecule has 0 aromatic carbocycles. The van der Waals surface area contributed by atoms with Crippen molar-refractivity contribution in [3.63, 3.8) is 0 Å². The van der Waals surface area contributed by atoms with Crippen molar-refractivity contribution in [1.29, 1.82) is 0 Å². The normalized spacial score (nSPS) is 11.3. The monoisotopic (exact) mass is 678 g/mol. The average Bonchev–Trinajstić information content (AvgIpc) is 3.07. The third-order valence-corrected chi connectivity index (χ3v) is 7.18. The lowest BCUT2D eigenvalue weighted by atomic mass is 10.1. The Balaban J connectivity index is 3.15. The summed E-state index contributed by atoms with van der Waals surface area (Å²) in [6.07, 6.45) is 17.7. The van der Waals surface area contributed by atoms with E-state index in [2.05, 4.69) is 13.8 Å². The van der Waals surface area contributed by atoms with Crippen molar-refractivity contribution in [1.82, 2.24) is 0 Å². The summed E-state index contributed by atoms with van der Waals surface area (Å²) in [5.74, 6) is -0.285. The molecule has 0 N–H and O–H groups in total. The second kappa shape index (κ2) is 40.8. The summed E-state index contributed by atoms with van der Waals surface area (Å²) in [5, 5.41) is 0. The molecule has 0 amide bonds. The molecule has 0 aromatic rings. The minimum absolute atomic E-state index is 0.137. The van der Waals surface area contributed by atoms with E-state index in [-0.39, 0.29) is 25.2 Å². The Morgan fingerprint density at radius 3 is 0.766 bits per heavy atom. The molecule has 0 aromatic heterocycles. The summed E-state index contributed by atoms with van der Waals surface area (Å²) in [4.78, 5) is 23.4. The number of hydrogen-bond acceptors (Lipinski definition) is 11. The summed E-state index contributed by atoms with van der Waals surface area (Å²) < 4.78 is 48.6. The van der Waals surface area contributed by atoms with Gasteiger partial charge >= 0.3 is 11.9 Å². The van der Waals surface area contributed by atoms with Crippen LogP contribution in [0.3, 0.4) is 0 Å². The predicted molar refractivity (Wildman–Crippen MR) is 183 cm³/mol. The SMILES string of the molecule is CCCCCCCCCCCC(=O)OCCOCCOCCOCCOCCOCCOCCOCCOC(=O)CCCCCCC. The Morgan fingerprint density at radius 1 is 0.298 bits per heavy atom. The van der Waals surface area contributed by atoms with Crippen molar-refractivity contribution in [3.05, 3.63) is 0 Å². The van der Waals surface area contributed by atoms with E-state index in [1.807, 2.05) is 0 Å². The highest BCUT2D eigenvalue weighted by Crippen LogP contribution is 2.11. The minimum Gasteiger partial charge on any atom is -0.463 e. The van der Waals surface area contributed by atoms with Gasteiger partial charge in [-0.15, -0.1) is 0 Å². The molecule has 0 spiro atoms. The number of rotatable bonds is 40. The molecule has 0 fully saturated rings. The van der Waals surface area contributed by atoms with Crippen molar-refractivity contribution in [2.24, 2.45) is 0 Å². The molecule has 0 aliphatic rings. The molecule has 0 unspecified atom stereocenters. The molecule has 0 radical (unpaired) electrons. The highest BCUT2D eigenvalue weighted by molar-refractivity contribution is 5.69. The van der Waals surface area contributed by atoms with Crippen molar-refractivity contribution in [2.75, 3.05) is 106 Å². The zero-order valence-electron chi connectivity index (χ0n) is 30.1. The molecule has 0 saturated heterocycles. The maximum atomic E-state index is 11.8. The maximum Gasteiger partial charge on any atom is 0.305 e. The van der Waals surface area contributed by atoms with E-state index in [4.69, 9.17) is 42.6 Å². The Morgan fingerprint density at radius 2 is 0.511 bits per heavy atom. The molecule has 11 nitrogen and oxygen atoms in total. The third kappa shape index (κ3) is 40.7. The van der Waals surface area contributed by atoms with Crippen LogP contribution >= 0.6 is 0 Å².